The molecule has 0 aromatic rings. The maximum Gasteiger partial charge on any atom is 0.146 e. The van der Waals surface area contributed by atoms with Crippen molar-refractivity contribution in [3.63, 3.8) is 0 Å². The summed E-state index contributed by atoms with van der Waals surface area (Å²) in [7, 11) is 3.13. The standard InChI is InChI=1S/2C6H14O3.2C2H6/c1-6(3-7)4-9-5-8-2;1-3-6(4-7)9-5-8-2;2*1-2/h2*6-7H,3-5H2,1-2H3;2*1-2H3. The zero-order valence-corrected chi connectivity index (χ0v) is 15.9. The molecule has 2 atom stereocenters. The van der Waals surface area contributed by atoms with E-state index in [0.29, 0.717) is 13.4 Å². The highest BCUT2D eigenvalue weighted by Gasteiger charge is 2.01. The lowest BCUT2D eigenvalue weighted by molar-refractivity contribution is -0.0876. The van der Waals surface area contributed by atoms with Gasteiger partial charge in [-0.2, -0.15) is 0 Å². The Kier molecular flexibility index (Phi) is 44.1. The Hall–Kier alpha value is -0.240. The van der Waals surface area contributed by atoms with Gasteiger partial charge >= 0.3 is 0 Å². The molecule has 0 saturated carbocycles. The molecule has 0 rings (SSSR count). The van der Waals surface area contributed by atoms with Crippen LogP contribution in [0.25, 0.3) is 0 Å². The molecule has 0 aromatic heterocycles. The summed E-state index contributed by atoms with van der Waals surface area (Å²) in [5.41, 5.74) is 0. The van der Waals surface area contributed by atoms with Crippen LogP contribution in [0.15, 0.2) is 0 Å². The number of rotatable bonds is 10. The van der Waals surface area contributed by atoms with Gasteiger partial charge in [0.15, 0.2) is 0 Å². The second-order valence-corrected chi connectivity index (χ2v) is 3.85. The summed E-state index contributed by atoms with van der Waals surface area (Å²) >= 11 is 0. The average molecular weight is 328 g/mol. The molecule has 0 saturated heterocycles. The third-order valence-electron chi connectivity index (χ3n) is 2.00. The normalized spacial score (nSPS) is 11.7. The SMILES string of the molecule is CC.CC.CCC(CO)OCOC.COCOCC(C)CO. The van der Waals surface area contributed by atoms with Crippen LogP contribution in [0.3, 0.4) is 0 Å². The molecule has 0 aliphatic rings. The zero-order valence-electron chi connectivity index (χ0n) is 15.9. The van der Waals surface area contributed by atoms with Crippen molar-refractivity contribution in [1.29, 1.82) is 0 Å². The van der Waals surface area contributed by atoms with Gasteiger partial charge in [-0.1, -0.05) is 41.5 Å². The third-order valence-corrected chi connectivity index (χ3v) is 2.00. The van der Waals surface area contributed by atoms with E-state index in [1.165, 1.54) is 0 Å². The Balaban J connectivity index is -0.000000120. The van der Waals surface area contributed by atoms with Crippen LogP contribution in [0.1, 0.15) is 48.0 Å². The second kappa shape index (κ2) is 32.6. The summed E-state index contributed by atoms with van der Waals surface area (Å²) in [4.78, 5) is 0. The Morgan fingerprint density at radius 3 is 1.68 bits per heavy atom. The Morgan fingerprint density at radius 1 is 0.864 bits per heavy atom. The molecule has 0 amide bonds. The first kappa shape index (κ1) is 29.7. The Morgan fingerprint density at radius 2 is 1.36 bits per heavy atom. The highest BCUT2D eigenvalue weighted by atomic mass is 16.7. The first-order chi connectivity index (χ1) is 10.7. The highest BCUT2D eigenvalue weighted by molar-refractivity contribution is 4.48. The van der Waals surface area contributed by atoms with E-state index >= 15 is 0 Å². The van der Waals surface area contributed by atoms with E-state index < -0.39 is 0 Å². The molecular weight excluding hydrogens is 288 g/mol. The molecule has 140 valence electrons. The van der Waals surface area contributed by atoms with Crippen LogP contribution < -0.4 is 0 Å². The van der Waals surface area contributed by atoms with E-state index in [1.807, 2.05) is 41.5 Å². The average Bonchev–Trinajstić information content (AvgIpc) is 2.60. The number of aliphatic hydroxyl groups is 2. The van der Waals surface area contributed by atoms with Crippen LogP contribution in [-0.4, -0.2) is 63.9 Å². The van der Waals surface area contributed by atoms with Crippen LogP contribution in [0.2, 0.25) is 0 Å². The van der Waals surface area contributed by atoms with Crippen molar-refractivity contribution >= 4 is 0 Å². The van der Waals surface area contributed by atoms with Gasteiger partial charge in [0, 0.05) is 26.7 Å². The van der Waals surface area contributed by atoms with Crippen molar-refractivity contribution < 1.29 is 29.2 Å². The van der Waals surface area contributed by atoms with E-state index in [2.05, 4.69) is 9.47 Å². The molecule has 6 nitrogen and oxygen atoms in total. The van der Waals surface area contributed by atoms with Crippen LogP contribution in [-0.2, 0) is 18.9 Å². The van der Waals surface area contributed by atoms with Gasteiger partial charge in [0.2, 0.25) is 0 Å². The van der Waals surface area contributed by atoms with Gasteiger partial charge < -0.3 is 29.2 Å². The van der Waals surface area contributed by atoms with Crippen molar-refractivity contribution in [2.45, 2.75) is 54.1 Å². The van der Waals surface area contributed by atoms with E-state index in [4.69, 9.17) is 19.7 Å². The molecular formula is C16H40O6. The predicted molar refractivity (Wildman–Crippen MR) is 90.9 cm³/mol. The van der Waals surface area contributed by atoms with Crippen molar-refractivity contribution in [1.82, 2.24) is 0 Å². The Bertz CT molecular complexity index is 143. The van der Waals surface area contributed by atoms with Gasteiger partial charge in [-0.25, -0.2) is 0 Å². The molecule has 0 aliphatic carbocycles. The number of hydrogen-bond acceptors (Lipinski definition) is 6. The van der Waals surface area contributed by atoms with E-state index in [-0.39, 0.29) is 32.0 Å². The van der Waals surface area contributed by atoms with Gasteiger partial charge in [0.05, 0.1) is 19.3 Å². The number of methoxy groups -OCH3 is 2. The summed E-state index contributed by atoms with van der Waals surface area (Å²) in [6.07, 6.45) is 0.754. The molecule has 0 bridgehead atoms. The lowest BCUT2D eigenvalue weighted by Crippen LogP contribution is -2.17. The van der Waals surface area contributed by atoms with Gasteiger partial charge in [0.1, 0.15) is 13.6 Å². The number of hydrogen-bond donors (Lipinski definition) is 2. The second-order valence-electron chi connectivity index (χ2n) is 3.85. The fourth-order valence-corrected chi connectivity index (χ4v) is 0.849. The van der Waals surface area contributed by atoms with Gasteiger partial charge in [0.25, 0.3) is 0 Å². The molecule has 0 heterocycles. The maximum atomic E-state index is 8.57. The summed E-state index contributed by atoms with van der Waals surface area (Å²) in [6, 6.07) is 0. The topological polar surface area (TPSA) is 77.4 Å². The van der Waals surface area contributed by atoms with Crippen molar-refractivity contribution in [2.24, 2.45) is 5.92 Å². The summed E-state index contributed by atoms with van der Waals surface area (Å²) in [5.74, 6) is 0.208. The van der Waals surface area contributed by atoms with Gasteiger partial charge in [-0.3, -0.25) is 0 Å². The number of aliphatic hydroxyl groups excluding tert-OH is 2. The van der Waals surface area contributed by atoms with Gasteiger partial charge in [-0.05, 0) is 6.42 Å². The monoisotopic (exact) mass is 328 g/mol. The van der Waals surface area contributed by atoms with E-state index in [0.717, 1.165) is 6.42 Å². The minimum Gasteiger partial charge on any atom is -0.396 e. The van der Waals surface area contributed by atoms with Crippen LogP contribution >= 0.6 is 0 Å². The van der Waals surface area contributed by atoms with Gasteiger partial charge in [-0.15, -0.1) is 0 Å². The molecule has 2 N–H and O–H groups in total. The van der Waals surface area contributed by atoms with E-state index in [1.54, 1.807) is 14.2 Å². The molecule has 0 aromatic carbocycles. The van der Waals surface area contributed by atoms with Crippen molar-refractivity contribution in [3.8, 4) is 0 Å². The summed E-state index contributed by atoms with van der Waals surface area (Å²) in [6.45, 7) is 13.2. The number of ether oxygens (including phenoxy) is 4. The quantitative estimate of drug-likeness (QED) is 0.474. The fourth-order valence-electron chi connectivity index (χ4n) is 0.849. The maximum absolute atomic E-state index is 8.57. The first-order valence-electron chi connectivity index (χ1n) is 8.05. The van der Waals surface area contributed by atoms with Crippen LogP contribution in [0.5, 0.6) is 0 Å². The molecule has 0 aliphatic heterocycles. The van der Waals surface area contributed by atoms with E-state index in [9.17, 15) is 0 Å². The predicted octanol–water partition coefficient (Wildman–Crippen LogP) is 2.67. The highest BCUT2D eigenvalue weighted by Crippen LogP contribution is 1.95. The van der Waals surface area contributed by atoms with Crippen LogP contribution in [0.4, 0.5) is 0 Å². The summed E-state index contributed by atoms with van der Waals surface area (Å²) < 4.78 is 19.2. The first-order valence-corrected chi connectivity index (χ1v) is 8.05. The lowest BCUT2D eigenvalue weighted by atomic mass is 10.2. The smallest absolute Gasteiger partial charge is 0.146 e. The van der Waals surface area contributed by atoms with Crippen molar-refractivity contribution in [3.05, 3.63) is 0 Å². The minimum atomic E-state index is -0.0649. The molecule has 0 spiro atoms. The third kappa shape index (κ3) is 31.9. The molecule has 0 fully saturated rings. The largest absolute Gasteiger partial charge is 0.396 e. The molecule has 2 unspecified atom stereocenters. The molecule has 0 radical (unpaired) electrons. The van der Waals surface area contributed by atoms with Crippen LogP contribution in [0, 0.1) is 5.92 Å². The molecule has 22 heavy (non-hydrogen) atoms. The summed E-state index contributed by atoms with van der Waals surface area (Å²) in [5, 5.41) is 17.1. The zero-order chi connectivity index (χ0) is 18.2. The fraction of sp³-hybridized carbons (Fsp3) is 1.00. The molecule has 6 heteroatoms. The lowest BCUT2D eigenvalue weighted by Gasteiger charge is -2.10. The minimum absolute atomic E-state index is 0.0649. The Labute approximate surface area is 137 Å². The van der Waals surface area contributed by atoms with Crippen molar-refractivity contribution in [2.75, 3.05) is 47.6 Å².